The summed E-state index contributed by atoms with van der Waals surface area (Å²) < 4.78 is 41.7. The molecule has 0 aromatic carbocycles. The smallest absolute Gasteiger partial charge is 0.378 e. The maximum atomic E-state index is 12.1. The molecule has 0 aliphatic heterocycles. The molecule has 0 spiro atoms. The molecular weight excluding hydrogens is 285 g/mol. The van der Waals surface area contributed by atoms with Crippen molar-refractivity contribution in [1.82, 2.24) is 5.32 Å². The molecular formula is C14H25F3N2O2. The SMILES string of the molecule is CCCNC1(C(N)=O)CCCC(OCCCC(F)(F)F)C1. The highest BCUT2D eigenvalue weighted by Gasteiger charge is 2.41. The van der Waals surface area contributed by atoms with Gasteiger partial charge in [0.1, 0.15) is 5.54 Å². The third kappa shape index (κ3) is 6.22. The number of amides is 1. The normalized spacial score (nSPS) is 26.8. The zero-order valence-corrected chi connectivity index (χ0v) is 12.5. The summed E-state index contributed by atoms with van der Waals surface area (Å²) in [5.41, 5.74) is 4.74. The molecule has 124 valence electrons. The Bertz CT molecular complexity index is 337. The molecule has 3 N–H and O–H groups in total. The lowest BCUT2D eigenvalue weighted by Crippen LogP contribution is -2.59. The minimum Gasteiger partial charge on any atom is -0.378 e. The average molecular weight is 310 g/mol. The lowest BCUT2D eigenvalue weighted by atomic mass is 9.79. The van der Waals surface area contributed by atoms with Crippen molar-refractivity contribution >= 4 is 5.91 Å². The molecule has 0 radical (unpaired) electrons. The fourth-order valence-electron chi connectivity index (χ4n) is 2.72. The summed E-state index contributed by atoms with van der Waals surface area (Å²) >= 11 is 0. The molecule has 0 aromatic heterocycles. The molecule has 2 atom stereocenters. The Morgan fingerprint density at radius 2 is 2.19 bits per heavy atom. The molecule has 21 heavy (non-hydrogen) atoms. The van der Waals surface area contributed by atoms with Crippen molar-refractivity contribution in [3.63, 3.8) is 0 Å². The van der Waals surface area contributed by atoms with Gasteiger partial charge in [0, 0.05) is 19.4 Å². The number of hydrogen-bond donors (Lipinski definition) is 2. The summed E-state index contributed by atoms with van der Waals surface area (Å²) in [5.74, 6) is -0.403. The van der Waals surface area contributed by atoms with Crippen molar-refractivity contribution < 1.29 is 22.7 Å². The minimum atomic E-state index is -4.14. The van der Waals surface area contributed by atoms with Crippen LogP contribution in [-0.4, -0.2) is 36.9 Å². The van der Waals surface area contributed by atoms with Crippen LogP contribution in [0.5, 0.6) is 0 Å². The summed E-state index contributed by atoms with van der Waals surface area (Å²) in [6.07, 6.45) is -1.72. The number of nitrogens with one attached hydrogen (secondary N) is 1. The first kappa shape index (κ1) is 18.2. The van der Waals surface area contributed by atoms with Crippen LogP contribution in [0.2, 0.25) is 0 Å². The van der Waals surface area contributed by atoms with Gasteiger partial charge in [0.2, 0.25) is 5.91 Å². The van der Waals surface area contributed by atoms with E-state index in [0.717, 1.165) is 19.3 Å². The lowest BCUT2D eigenvalue weighted by Gasteiger charge is -2.39. The summed E-state index contributed by atoms with van der Waals surface area (Å²) in [4.78, 5) is 11.7. The molecule has 0 heterocycles. The van der Waals surface area contributed by atoms with E-state index in [1.165, 1.54) is 0 Å². The number of primary amides is 1. The molecule has 0 aromatic rings. The second-order valence-corrected chi connectivity index (χ2v) is 5.68. The Morgan fingerprint density at radius 1 is 1.48 bits per heavy atom. The van der Waals surface area contributed by atoms with Gasteiger partial charge in [-0.15, -0.1) is 0 Å². The monoisotopic (exact) mass is 310 g/mol. The van der Waals surface area contributed by atoms with Gasteiger partial charge in [-0.05, 0) is 38.6 Å². The molecule has 1 amide bonds. The number of halogens is 3. The van der Waals surface area contributed by atoms with E-state index >= 15 is 0 Å². The predicted octanol–water partition coefficient (Wildman–Crippen LogP) is 2.51. The first-order chi connectivity index (χ1) is 9.79. The molecule has 0 bridgehead atoms. The zero-order valence-electron chi connectivity index (χ0n) is 12.5. The van der Waals surface area contributed by atoms with E-state index in [9.17, 15) is 18.0 Å². The Kier molecular flexibility index (Phi) is 6.93. The van der Waals surface area contributed by atoms with Crippen LogP contribution < -0.4 is 11.1 Å². The van der Waals surface area contributed by atoms with Crippen molar-refractivity contribution in [3.05, 3.63) is 0 Å². The third-order valence-electron chi connectivity index (χ3n) is 3.85. The third-order valence-corrected chi connectivity index (χ3v) is 3.85. The minimum absolute atomic E-state index is 0.0496. The quantitative estimate of drug-likeness (QED) is 0.677. The van der Waals surface area contributed by atoms with Crippen molar-refractivity contribution in [2.24, 2.45) is 5.73 Å². The van der Waals surface area contributed by atoms with E-state index in [-0.39, 0.29) is 19.1 Å². The predicted molar refractivity (Wildman–Crippen MR) is 73.7 cm³/mol. The maximum absolute atomic E-state index is 12.1. The second-order valence-electron chi connectivity index (χ2n) is 5.68. The molecule has 2 unspecified atom stereocenters. The van der Waals surface area contributed by atoms with Crippen LogP contribution in [0.15, 0.2) is 0 Å². The number of rotatable bonds is 8. The van der Waals surface area contributed by atoms with E-state index in [0.29, 0.717) is 19.4 Å². The van der Waals surface area contributed by atoms with Crippen LogP contribution in [0.3, 0.4) is 0 Å². The Hall–Kier alpha value is -0.820. The highest BCUT2D eigenvalue weighted by atomic mass is 19.4. The number of alkyl halides is 3. The summed E-state index contributed by atoms with van der Waals surface area (Å²) in [7, 11) is 0. The number of ether oxygens (including phenoxy) is 1. The maximum Gasteiger partial charge on any atom is 0.389 e. The van der Waals surface area contributed by atoms with Crippen LogP contribution in [0, 0.1) is 0 Å². The van der Waals surface area contributed by atoms with E-state index in [1.54, 1.807) is 0 Å². The largest absolute Gasteiger partial charge is 0.389 e. The van der Waals surface area contributed by atoms with Crippen LogP contribution >= 0.6 is 0 Å². The molecule has 1 saturated carbocycles. The molecule has 0 saturated heterocycles. The zero-order chi connectivity index (χ0) is 15.9. The van der Waals surface area contributed by atoms with Gasteiger partial charge in [0.25, 0.3) is 0 Å². The van der Waals surface area contributed by atoms with Gasteiger partial charge < -0.3 is 15.8 Å². The fourth-order valence-corrected chi connectivity index (χ4v) is 2.72. The van der Waals surface area contributed by atoms with Gasteiger partial charge in [-0.1, -0.05) is 6.92 Å². The van der Waals surface area contributed by atoms with Crippen molar-refractivity contribution in [3.8, 4) is 0 Å². The van der Waals surface area contributed by atoms with Crippen LogP contribution in [0.4, 0.5) is 13.2 Å². The molecule has 7 heteroatoms. The molecule has 4 nitrogen and oxygen atoms in total. The second kappa shape index (κ2) is 7.98. The van der Waals surface area contributed by atoms with Crippen molar-refractivity contribution in [2.45, 2.75) is 69.7 Å². The summed E-state index contributed by atoms with van der Waals surface area (Å²) in [6, 6.07) is 0. The van der Waals surface area contributed by atoms with Gasteiger partial charge in [0.05, 0.1) is 6.10 Å². The average Bonchev–Trinajstić information content (AvgIpc) is 2.40. The molecule has 1 rings (SSSR count). The first-order valence-corrected chi connectivity index (χ1v) is 7.52. The number of carbonyl (C=O) groups is 1. The van der Waals surface area contributed by atoms with E-state index in [1.807, 2.05) is 6.92 Å². The van der Waals surface area contributed by atoms with E-state index in [4.69, 9.17) is 10.5 Å². The first-order valence-electron chi connectivity index (χ1n) is 7.52. The fraction of sp³-hybridized carbons (Fsp3) is 0.929. The van der Waals surface area contributed by atoms with Gasteiger partial charge in [-0.2, -0.15) is 13.2 Å². The van der Waals surface area contributed by atoms with Crippen LogP contribution in [0.1, 0.15) is 51.9 Å². The lowest BCUT2D eigenvalue weighted by molar-refractivity contribution is -0.140. The van der Waals surface area contributed by atoms with Crippen molar-refractivity contribution in [1.29, 1.82) is 0 Å². The molecule has 1 aliphatic rings. The van der Waals surface area contributed by atoms with Gasteiger partial charge in [0.15, 0.2) is 0 Å². The highest BCUT2D eigenvalue weighted by Crippen LogP contribution is 2.30. The Labute approximate surface area is 123 Å². The topological polar surface area (TPSA) is 64.3 Å². The van der Waals surface area contributed by atoms with Crippen molar-refractivity contribution in [2.75, 3.05) is 13.2 Å². The Balaban J connectivity index is 2.44. The van der Waals surface area contributed by atoms with E-state index in [2.05, 4.69) is 5.32 Å². The van der Waals surface area contributed by atoms with Gasteiger partial charge in [-0.25, -0.2) is 0 Å². The number of nitrogens with two attached hydrogens (primary N) is 1. The highest BCUT2D eigenvalue weighted by molar-refractivity contribution is 5.84. The van der Waals surface area contributed by atoms with Crippen LogP contribution in [0.25, 0.3) is 0 Å². The summed E-state index contributed by atoms with van der Waals surface area (Å²) in [6.45, 7) is 2.74. The molecule has 1 aliphatic carbocycles. The van der Waals surface area contributed by atoms with E-state index < -0.39 is 24.0 Å². The standard InChI is InChI=1S/C14H25F3N2O2/c1-2-8-19-13(12(18)20)6-3-5-11(10-13)21-9-4-7-14(15,16)17/h11,19H,2-10H2,1H3,(H2,18,20). The Morgan fingerprint density at radius 3 is 2.76 bits per heavy atom. The molecule has 1 fully saturated rings. The number of hydrogen-bond acceptors (Lipinski definition) is 3. The number of carbonyl (C=O) groups excluding carboxylic acids is 1. The van der Waals surface area contributed by atoms with Gasteiger partial charge >= 0.3 is 6.18 Å². The summed E-state index contributed by atoms with van der Waals surface area (Å²) in [5, 5.41) is 3.19. The van der Waals surface area contributed by atoms with Crippen LogP contribution in [-0.2, 0) is 9.53 Å². The van der Waals surface area contributed by atoms with Gasteiger partial charge in [-0.3, -0.25) is 4.79 Å².